The van der Waals surface area contributed by atoms with Gasteiger partial charge in [0.05, 0.1) is 0 Å². The third-order valence-corrected chi connectivity index (χ3v) is 4.33. The molecule has 0 spiro atoms. The normalized spacial score (nSPS) is 10.4. The van der Waals surface area contributed by atoms with E-state index < -0.39 is 0 Å². The van der Waals surface area contributed by atoms with Gasteiger partial charge in [0, 0.05) is 29.6 Å². The van der Waals surface area contributed by atoms with Crippen molar-refractivity contribution in [2.45, 2.75) is 20.1 Å². The second kappa shape index (κ2) is 8.88. The maximum absolute atomic E-state index is 9.08. The fourth-order valence-corrected chi connectivity index (χ4v) is 2.73. The first kappa shape index (κ1) is 19.2. The highest BCUT2D eigenvalue weighted by molar-refractivity contribution is 5.53. The molecule has 0 N–H and O–H groups in total. The van der Waals surface area contributed by atoms with Crippen LogP contribution in [-0.4, -0.2) is 15.0 Å². The van der Waals surface area contributed by atoms with Gasteiger partial charge in [0.1, 0.15) is 36.3 Å². The molecule has 0 atom stereocenters. The lowest BCUT2D eigenvalue weighted by Crippen LogP contribution is -2.02. The summed E-state index contributed by atoms with van der Waals surface area (Å²) < 4.78 is 17.1. The Morgan fingerprint density at radius 2 is 1.83 bits per heavy atom. The van der Waals surface area contributed by atoms with Gasteiger partial charge in [-0.15, -0.1) is 0 Å². The molecule has 3 aromatic heterocycles. The molecule has 0 saturated heterocycles. The molecule has 1 aromatic carbocycles. The van der Waals surface area contributed by atoms with Crippen molar-refractivity contribution in [2.75, 3.05) is 0 Å². The first-order valence-corrected chi connectivity index (χ1v) is 9.30. The summed E-state index contributed by atoms with van der Waals surface area (Å²) in [7, 11) is 0. The van der Waals surface area contributed by atoms with Crippen LogP contribution < -0.4 is 9.47 Å². The highest BCUT2D eigenvalue weighted by Gasteiger charge is 2.12. The number of hydrogen-bond acceptors (Lipinski definition) is 7. The van der Waals surface area contributed by atoms with Gasteiger partial charge in [-0.1, -0.05) is 18.2 Å². The SMILES string of the molecule is Cc1oc(-c2ccccc2)nc1COc1ccc(COc2ncccc2C#N)cn1. The van der Waals surface area contributed by atoms with E-state index in [0.717, 1.165) is 16.8 Å². The number of pyridine rings is 2. The van der Waals surface area contributed by atoms with E-state index in [-0.39, 0.29) is 13.2 Å². The molecule has 0 saturated carbocycles. The maximum atomic E-state index is 9.08. The third-order valence-electron chi connectivity index (χ3n) is 4.33. The van der Waals surface area contributed by atoms with Crippen LogP contribution in [0.5, 0.6) is 11.8 Å². The van der Waals surface area contributed by atoms with Gasteiger partial charge >= 0.3 is 0 Å². The van der Waals surface area contributed by atoms with Crippen LogP contribution in [-0.2, 0) is 13.2 Å². The summed E-state index contributed by atoms with van der Waals surface area (Å²) in [5.41, 5.74) is 2.87. The topological polar surface area (TPSA) is 94.1 Å². The lowest BCUT2D eigenvalue weighted by Gasteiger charge is -2.07. The van der Waals surface area contributed by atoms with Gasteiger partial charge in [0.15, 0.2) is 0 Å². The van der Waals surface area contributed by atoms with Gasteiger partial charge in [0.25, 0.3) is 0 Å². The van der Waals surface area contributed by atoms with E-state index in [1.807, 2.05) is 43.3 Å². The zero-order valence-electron chi connectivity index (χ0n) is 16.3. The van der Waals surface area contributed by atoms with E-state index in [1.54, 1.807) is 30.6 Å². The summed E-state index contributed by atoms with van der Waals surface area (Å²) >= 11 is 0. The summed E-state index contributed by atoms with van der Waals surface area (Å²) in [4.78, 5) is 12.9. The van der Waals surface area contributed by atoms with E-state index in [4.69, 9.17) is 19.2 Å². The highest BCUT2D eigenvalue weighted by Crippen LogP contribution is 2.22. The molecule has 4 aromatic rings. The largest absolute Gasteiger partial charge is 0.472 e. The van der Waals surface area contributed by atoms with Gasteiger partial charge in [-0.05, 0) is 37.3 Å². The first-order chi connectivity index (χ1) is 14.7. The van der Waals surface area contributed by atoms with Crippen LogP contribution in [0.25, 0.3) is 11.5 Å². The molecule has 0 amide bonds. The summed E-state index contributed by atoms with van der Waals surface area (Å²) in [6.45, 7) is 2.37. The average molecular weight is 398 g/mol. The maximum Gasteiger partial charge on any atom is 0.231 e. The number of oxazole rings is 1. The minimum atomic E-state index is 0.252. The minimum Gasteiger partial charge on any atom is -0.472 e. The Morgan fingerprint density at radius 3 is 2.60 bits per heavy atom. The molecular weight excluding hydrogens is 380 g/mol. The Morgan fingerprint density at radius 1 is 0.967 bits per heavy atom. The number of aromatic nitrogens is 3. The molecule has 4 rings (SSSR count). The fourth-order valence-electron chi connectivity index (χ4n) is 2.73. The zero-order chi connectivity index (χ0) is 20.8. The summed E-state index contributed by atoms with van der Waals surface area (Å²) in [6, 6.07) is 18.7. The molecule has 148 valence electrons. The van der Waals surface area contributed by atoms with Gasteiger partial charge < -0.3 is 13.9 Å². The quantitative estimate of drug-likeness (QED) is 0.453. The number of nitriles is 1. The predicted octanol–water partition coefficient (Wildman–Crippen LogP) is 4.47. The summed E-state index contributed by atoms with van der Waals surface area (Å²) in [5.74, 6) is 2.05. The standard InChI is InChI=1S/C23H18N4O3/c1-16-20(27-23(30-16)18-6-3-2-4-7-18)15-28-21-10-9-17(13-26-21)14-29-22-19(12-24)8-5-11-25-22/h2-11,13H,14-15H2,1H3. The van der Waals surface area contributed by atoms with E-state index in [2.05, 4.69) is 21.0 Å². The molecule has 0 bridgehead atoms. The lowest BCUT2D eigenvalue weighted by atomic mass is 10.2. The Bertz CT molecular complexity index is 1170. The monoisotopic (exact) mass is 398 g/mol. The van der Waals surface area contributed by atoms with Crippen molar-refractivity contribution in [2.24, 2.45) is 0 Å². The Labute approximate surface area is 173 Å². The van der Waals surface area contributed by atoms with Crippen LogP contribution in [0.15, 0.2) is 71.4 Å². The Kier molecular flexibility index (Phi) is 5.67. The number of hydrogen-bond donors (Lipinski definition) is 0. The van der Waals surface area contributed by atoms with Crippen molar-refractivity contribution in [1.29, 1.82) is 5.26 Å². The molecule has 7 nitrogen and oxygen atoms in total. The highest BCUT2D eigenvalue weighted by atomic mass is 16.5. The molecule has 30 heavy (non-hydrogen) atoms. The van der Waals surface area contributed by atoms with Crippen LogP contribution in [0.1, 0.15) is 22.6 Å². The van der Waals surface area contributed by atoms with Crippen molar-refractivity contribution < 1.29 is 13.9 Å². The number of rotatable bonds is 7. The zero-order valence-corrected chi connectivity index (χ0v) is 16.3. The molecule has 0 radical (unpaired) electrons. The van der Waals surface area contributed by atoms with Crippen molar-refractivity contribution in [3.63, 3.8) is 0 Å². The van der Waals surface area contributed by atoms with Crippen LogP contribution in [0.2, 0.25) is 0 Å². The number of benzene rings is 1. The van der Waals surface area contributed by atoms with Crippen LogP contribution in [0.3, 0.4) is 0 Å². The van der Waals surface area contributed by atoms with E-state index in [1.165, 1.54) is 0 Å². The molecule has 7 heteroatoms. The molecule has 3 heterocycles. The first-order valence-electron chi connectivity index (χ1n) is 9.30. The van der Waals surface area contributed by atoms with Crippen LogP contribution in [0.4, 0.5) is 0 Å². The lowest BCUT2D eigenvalue weighted by molar-refractivity contribution is 0.282. The predicted molar refractivity (Wildman–Crippen MR) is 109 cm³/mol. The van der Waals surface area contributed by atoms with Crippen molar-refractivity contribution in [3.8, 4) is 29.3 Å². The molecule has 0 aliphatic heterocycles. The number of nitrogens with zero attached hydrogens (tertiary/aromatic N) is 4. The van der Waals surface area contributed by atoms with E-state index >= 15 is 0 Å². The van der Waals surface area contributed by atoms with E-state index in [0.29, 0.717) is 29.0 Å². The molecule has 0 aliphatic rings. The Hall–Kier alpha value is -4.18. The second-order valence-corrected chi connectivity index (χ2v) is 6.44. The average Bonchev–Trinajstić information content (AvgIpc) is 3.18. The van der Waals surface area contributed by atoms with E-state index in [9.17, 15) is 0 Å². The summed E-state index contributed by atoms with van der Waals surface area (Å²) in [6.07, 6.45) is 3.25. The molecule has 0 unspecified atom stereocenters. The molecule has 0 fully saturated rings. The smallest absolute Gasteiger partial charge is 0.231 e. The van der Waals surface area contributed by atoms with Gasteiger partial charge in [-0.2, -0.15) is 5.26 Å². The van der Waals surface area contributed by atoms with Crippen LogP contribution in [0, 0.1) is 18.3 Å². The minimum absolute atomic E-state index is 0.252. The fraction of sp³-hybridized carbons (Fsp3) is 0.130. The van der Waals surface area contributed by atoms with Gasteiger partial charge in [0.2, 0.25) is 17.7 Å². The second-order valence-electron chi connectivity index (χ2n) is 6.44. The van der Waals surface area contributed by atoms with Gasteiger partial charge in [-0.3, -0.25) is 0 Å². The molecule has 0 aliphatic carbocycles. The van der Waals surface area contributed by atoms with Gasteiger partial charge in [-0.25, -0.2) is 15.0 Å². The number of aryl methyl sites for hydroxylation is 1. The van der Waals surface area contributed by atoms with Crippen molar-refractivity contribution >= 4 is 0 Å². The van der Waals surface area contributed by atoms with Crippen molar-refractivity contribution in [3.05, 3.63) is 89.6 Å². The van der Waals surface area contributed by atoms with Crippen molar-refractivity contribution in [1.82, 2.24) is 15.0 Å². The third kappa shape index (κ3) is 4.45. The Balaban J connectivity index is 1.35. The number of ether oxygens (including phenoxy) is 2. The van der Waals surface area contributed by atoms with Crippen LogP contribution >= 0.6 is 0 Å². The summed E-state index contributed by atoms with van der Waals surface area (Å²) in [5, 5.41) is 9.08. The molecular formula is C23H18N4O3.